The van der Waals surface area contributed by atoms with Gasteiger partial charge in [-0.2, -0.15) is 5.10 Å². The first kappa shape index (κ1) is 22.9. The van der Waals surface area contributed by atoms with Gasteiger partial charge in [0.25, 0.3) is 5.91 Å². The molecule has 2 fully saturated rings. The fourth-order valence-corrected chi connectivity index (χ4v) is 4.54. The van der Waals surface area contributed by atoms with Gasteiger partial charge in [0.2, 0.25) is 0 Å². The number of aromatic nitrogens is 2. The molecule has 1 amide bonds. The third-order valence-electron chi connectivity index (χ3n) is 6.30. The maximum absolute atomic E-state index is 13.3. The molecule has 1 unspecified atom stereocenters. The Morgan fingerprint density at radius 2 is 2.03 bits per heavy atom. The zero-order valence-electron chi connectivity index (χ0n) is 18.8. The van der Waals surface area contributed by atoms with E-state index >= 15 is 0 Å². The highest BCUT2D eigenvalue weighted by atomic mass is 19.1. The molecule has 1 aromatic carbocycles. The average Bonchev–Trinajstić information content (AvgIpc) is 3.27. The average molecular weight is 446 g/mol. The number of rotatable bonds is 7. The number of piperidine rings is 1. The largest absolute Gasteiger partial charge is 0.376 e. The molecule has 0 saturated carbocycles. The third kappa shape index (κ3) is 5.36. The van der Waals surface area contributed by atoms with Gasteiger partial charge in [-0.05, 0) is 57.4 Å². The van der Waals surface area contributed by atoms with Crippen LogP contribution in [0.15, 0.2) is 30.5 Å². The van der Waals surface area contributed by atoms with Crippen LogP contribution >= 0.6 is 0 Å². The molecular formula is C24H32FN3O4. The second kappa shape index (κ2) is 10.1. The van der Waals surface area contributed by atoms with Gasteiger partial charge in [-0.15, -0.1) is 0 Å². The van der Waals surface area contributed by atoms with Crippen LogP contribution in [0.4, 0.5) is 4.39 Å². The maximum atomic E-state index is 13.3. The molecule has 7 nitrogen and oxygen atoms in total. The van der Waals surface area contributed by atoms with Crippen LogP contribution < -0.4 is 0 Å². The Morgan fingerprint density at radius 1 is 1.28 bits per heavy atom. The molecule has 0 aliphatic carbocycles. The Labute approximate surface area is 188 Å². The Bertz CT molecular complexity index is 891. The first-order chi connectivity index (χ1) is 15.5. The van der Waals surface area contributed by atoms with Crippen molar-refractivity contribution in [1.29, 1.82) is 0 Å². The number of likely N-dealkylation sites (tertiary alicyclic amines) is 1. The van der Waals surface area contributed by atoms with Crippen LogP contribution in [0, 0.1) is 5.82 Å². The molecule has 174 valence electrons. The summed E-state index contributed by atoms with van der Waals surface area (Å²) in [5, 5.41) is 6.94. The van der Waals surface area contributed by atoms with Gasteiger partial charge in [-0.1, -0.05) is 0 Å². The predicted molar refractivity (Wildman–Crippen MR) is 118 cm³/mol. The van der Waals surface area contributed by atoms with Crippen molar-refractivity contribution in [3.05, 3.63) is 41.8 Å². The number of hydrogen-bond acceptors (Lipinski definition) is 5. The molecule has 4 rings (SSSR count). The lowest BCUT2D eigenvalue weighted by molar-refractivity contribution is -0.156. The highest BCUT2D eigenvalue weighted by Gasteiger charge is 2.42. The van der Waals surface area contributed by atoms with E-state index in [1.807, 2.05) is 18.7 Å². The number of aromatic amines is 1. The van der Waals surface area contributed by atoms with Crippen LogP contribution in [0.25, 0.3) is 11.3 Å². The summed E-state index contributed by atoms with van der Waals surface area (Å²) in [6.45, 7) is 7.16. The van der Waals surface area contributed by atoms with Gasteiger partial charge in [0.15, 0.2) is 0 Å². The predicted octanol–water partition coefficient (Wildman–Crippen LogP) is 3.81. The van der Waals surface area contributed by atoms with Crippen molar-refractivity contribution < 1.29 is 23.4 Å². The molecule has 3 heterocycles. The smallest absolute Gasteiger partial charge is 0.257 e. The Balaban J connectivity index is 1.33. The van der Waals surface area contributed by atoms with E-state index in [0.717, 1.165) is 31.2 Å². The SMILES string of the molecule is CC(C)OCCOC1CCOC2(CCN(C(=O)c3cn[nH]c3-c3ccc(F)cc3)CC2)C1. The van der Waals surface area contributed by atoms with Crippen molar-refractivity contribution in [2.45, 2.75) is 57.3 Å². The first-order valence-electron chi connectivity index (χ1n) is 11.4. The molecule has 2 aromatic rings. The number of carbonyl (C=O) groups is 1. The summed E-state index contributed by atoms with van der Waals surface area (Å²) in [7, 11) is 0. The highest BCUT2D eigenvalue weighted by molar-refractivity contribution is 5.99. The Hall–Kier alpha value is -2.29. The van der Waals surface area contributed by atoms with Crippen LogP contribution in [-0.2, 0) is 14.2 Å². The minimum Gasteiger partial charge on any atom is -0.376 e. The molecule has 1 N–H and O–H groups in total. The number of ether oxygens (including phenoxy) is 3. The minimum atomic E-state index is -0.315. The fraction of sp³-hybridized carbons (Fsp3) is 0.583. The zero-order valence-corrected chi connectivity index (χ0v) is 18.8. The first-order valence-corrected chi connectivity index (χ1v) is 11.4. The van der Waals surface area contributed by atoms with Crippen molar-refractivity contribution in [2.75, 3.05) is 32.9 Å². The molecule has 1 atom stereocenters. The fourth-order valence-electron chi connectivity index (χ4n) is 4.54. The van der Waals surface area contributed by atoms with E-state index in [2.05, 4.69) is 10.2 Å². The summed E-state index contributed by atoms with van der Waals surface area (Å²) in [5.41, 5.74) is 1.62. The standard InChI is InChI=1S/C24H32FN3O4/c1-17(2)30-13-14-31-20-7-12-32-24(15-20)8-10-28(11-9-24)23(29)21-16-26-27-22(21)18-3-5-19(25)6-4-18/h3-6,16-17,20H,7-15H2,1-2H3,(H,26,27). The normalized spacial score (nSPS) is 20.8. The van der Waals surface area contributed by atoms with Gasteiger partial charge in [-0.3, -0.25) is 9.89 Å². The second-order valence-electron chi connectivity index (χ2n) is 8.89. The summed E-state index contributed by atoms with van der Waals surface area (Å²) in [6, 6.07) is 6.05. The van der Waals surface area contributed by atoms with Crippen LogP contribution in [0.2, 0.25) is 0 Å². The lowest BCUT2D eigenvalue weighted by Gasteiger charge is -2.46. The van der Waals surface area contributed by atoms with Gasteiger partial charge < -0.3 is 19.1 Å². The van der Waals surface area contributed by atoms with Crippen molar-refractivity contribution in [1.82, 2.24) is 15.1 Å². The van der Waals surface area contributed by atoms with Crippen molar-refractivity contribution >= 4 is 5.91 Å². The van der Waals surface area contributed by atoms with Crippen molar-refractivity contribution in [3.63, 3.8) is 0 Å². The van der Waals surface area contributed by atoms with E-state index in [1.54, 1.807) is 18.3 Å². The van der Waals surface area contributed by atoms with Crippen LogP contribution in [0.5, 0.6) is 0 Å². The van der Waals surface area contributed by atoms with E-state index in [0.29, 0.717) is 44.2 Å². The molecule has 0 bridgehead atoms. The van der Waals surface area contributed by atoms with E-state index in [4.69, 9.17) is 14.2 Å². The molecule has 0 radical (unpaired) electrons. The lowest BCUT2D eigenvalue weighted by Crippen LogP contribution is -2.52. The summed E-state index contributed by atoms with van der Waals surface area (Å²) in [6.07, 6.45) is 5.23. The molecule has 2 saturated heterocycles. The number of nitrogens with zero attached hydrogens (tertiary/aromatic N) is 2. The maximum Gasteiger partial charge on any atom is 0.257 e. The van der Waals surface area contributed by atoms with Gasteiger partial charge in [0.05, 0.1) is 48.5 Å². The zero-order chi connectivity index (χ0) is 22.6. The third-order valence-corrected chi connectivity index (χ3v) is 6.30. The van der Waals surface area contributed by atoms with E-state index in [-0.39, 0.29) is 29.5 Å². The minimum absolute atomic E-state index is 0.0673. The van der Waals surface area contributed by atoms with Crippen LogP contribution in [0.3, 0.4) is 0 Å². The molecule has 2 aliphatic heterocycles. The van der Waals surface area contributed by atoms with Gasteiger partial charge >= 0.3 is 0 Å². The van der Waals surface area contributed by atoms with E-state index in [9.17, 15) is 9.18 Å². The Kier molecular flexibility index (Phi) is 7.23. The van der Waals surface area contributed by atoms with Crippen LogP contribution in [-0.4, -0.2) is 71.7 Å². The van der Waals surface area contributed by atoms with E-state index in [1.165, 1.54) is 12.1 Å². The molecule has 32 heavy (non-hydrogen) atoms. The van der Waals surface area contributed by atoms with Gasteiger partial charge in [0, 0.05) is 31.7 Å². The van der Waals surface area contributed by atoms with Gasteiger partial charge in [0.1, 0.15) is 5.82 Å². The topological polar surface area (TPSA) is 76.7 Å². The molecular weight excluding hydrogens is 413 g/mol. The number of halogens is 1. The molecule has 2 aliphatic rings. The van der Waals surface area contributed by atoms with Crippen LogP contribution in [0.1, 0.15) is 49.9 Å². The number of benzene rings is 1. The number of hydrogen-bond donors (Lipinski definition) is 1. The molecule has 8 heteroatoms. The van der Waals surface area contributed by atoms with E-state index < -0.39 is 0 Å². The monoisotopic (exact) mass is 445 g/mol. The molecule has 1 spiro atoms. The summed E-state index contributed by atoms with van der Waals surface area (Å²) in [4.78, 5) is 15.1. The number of amides is 1. The summed E-state index contributed by atoms with van der Waals surface area (Å²) < 4.78 is 31.1. The number of carbonyl (C=O) groups excluding carboxylic acids is 1. The number of nitrogens with one attached hydrogen (secondary N) is 1. The van der Waals surface area contributed by atoms with Gasteiger partial charge in [-0.25, -0.2) is 4.39 Å². The second-order valence-corrected chi connectivity index (χ2v) is 8.89. The van der Waals surface area contributed by atoms with Crippen molar-refractivity contribution in [3.8, 4) is 11.3 Å². The summed E-state index contributed by atoms with van der Waals surface area (Å²) in [5.74, 6) is -0.382. The lowest BCUT2D eigenvalue weighted by atomic mass is 9.83. The molecule has 1 aromatic heterocycles. The van der Waals surface area contributed by atoms with Crippen molar-refractivity contribution in [2.24, 2.45) is 0 Å². The Morgan fingerprint density at radius 3 is 2.75 bits per heavy atom. The summed E-state index contributed by atoms with van der Waals surface area (Å²) >= 11 is 0. The highest BCUT2D eigenvalue weighted by Crippen LogP contribution is 2.36. The quantitative estimate of drug-likeness (QED) is 0.656. The number of H-pyrrole nitrogens is 1.